The fourth-order valence-electron chi connectivity index (χ4n) is 2.35. The summed E-state index contributed by atoms with van der Waals surface area (Å²) in [6.07, 6.45) is 1.54. The average Bonchev–Trinajstić information content (AvgIpc) is 2.95. The van der Waals surface area contributed by atoms with Crippen molar-refractivity contribution in [2.24, 2.45) is 7.05 Å². The third-order valence-corrected chi connectivity index (χ3v) is 4.05. The minimum absolute atomic E-state index is 0.152. The van der Waals surface area contributed by atoms with E-state index in [1.807, 2.05) is 12.1 Å². The zero-order valence-electron chi connectivity index (χ0n) is 14.2. The Labute approximate surface area is 150 Å². The van der Waals surface area contributed by atoms with Gasteiger partial charge in [-0.25, -0.2) is 4.79 Å². The van der Waals surface area contributed by atoms with Crippen LogP contribution < -0.4 is 5.32 Å². The van der Waals surface area contributed by atoms with Gasteiger partial charge in [0.25, 0.3) is 5.91 Å². The zero-order valence-corrected chi connectivity index (χ0v) is 15.0. The van der Waals surface area contributed by atoms with Gasteiger partial charge in [-0.1, -0.05) is 29.8 Å². The largest absolute Gasteiger partial charge is 0.451 e. The maximum atomic E-state index is 12.1. The Kier molecular flexibility index (Phi) is 5.98. The van der Waals surface area contributed by atoms with Crippen molar-refractivity contribution in [2.45, 2.75) is 19.9 Å². The summed E-state index contributed by atoms with van der Waals surface area (Å²) in [5, 5.41) is 3.27. The van der Waals surface area contributed by atoms with Crippen LogP contribution in [-0.4, -0.2) is 28.8 Å². The number of benzene rings is 1. The van der Waals surface area contributed by atoms with Crippen molar-refractivity contribution in [3.63, 3.8) is 0 Å². The lowest BCUT2D eigenvalue weighted by atomic mass is 10.1. The number of ether oxygens (including phenoxy) is 1. The van der Waals surface area contributed by atoms with Crippen LogP contribution in [0, 0.1) is 0 Å². The third kappa shape index (κ3) is 4.70. The summed E-state index contributed by atoms with van der Waals surface area (Å²) in [5.74, 6) is -1.27. The summed E-state index contributed by atoms with van der Waals surface area (Å²) in [7, 11) is 1.63. The normalized spacial score (nSPS) is 11.7. The van der Waals surface area contributed by atoms with E-state index in [1.54, 1.807) is 32.3 Å². The summed E-state index contributed by atoms with van der Waals surface area (Å²) >= 11 is 6.09. The summed E-state index contributed by atoms with van der Waals surface area (Å²) in [4.78, 5) is 35.4. The highest BCUT2D eigenvalue weighted by Gasteiger charge is 2.18. The first-order valence-electron chi connectivity index (χ1n) is 7.67. The second-order valence-electron chi connectivity index (χ2n) is 5.67. The van der Waals surface area contributed by atoms with E-state index in [1.165, 1.54) is 17.6 Å². The Balaban J connectivity index is 1.92. The lowest BCUT2D eigenvalue weighted by molar-refractivity contribution is -0.124. The number of rotatable bonds is 6. The van der Waals surface area contributed by atoms with E-state index in [4.69, 9.17) is 16.3 Å². The van der Waals surface area contributed by atoms with Gasteiger partial charge in [-0.3, -0.25) is 9.59 Å². The second kappa shape index (κ2) is 7.98. The molecule has 0 aliphatic carbocycles. The van der Waals surface area contributed by atoms with E-state index >= 15 is 0 Å². The van der Waals surface area contributed by atoms with Crippen LogP contribution in [0.15, 0.2) is 36.5 Å². The fourth-order valence-corrected chi connectivity index (χ4v) is 2.65. The summed E-state index contributed by atoms with van der Waals surface area (Å²) in [6, 6.07) is 8.30. The van der Waals surface area contributed by atoms with E-state index in [0.29, 0.717) is 10.6 Å². The number of amides is 1. The molecule has 0 fully saturated rings. The zero-order chi connectivity index (χ0) is 18.6. The molecule has 2 aromatic rings. The molecule has 0 spiro atoms. The van der Waals surface area contributed by atoms with Crippen molar-refractivity contribution in [3.05, 3.63) is 58.4 Å². The molecular formula is C18H19ClN2O4. The van der Waals surface area contributed by atoms with Crippen LogP contribution in [0.2, 0.25) is 5.02 Å². The van der Waals surface area contributed by atoms with Gasteiger partial charge in [0.1, 0.15) is 5.69 Å². The van der Waals surface area contributed by atoms with Gasteiger partial charge in [0.05, 0.1) is 6.04 Å². The third-order valence-electron chi connectivity index (χ3n) is 3.70. The molecular weight excluding hydrogens is 344 g/mol. The molecule has 1 atom stereocenters. The van der Waals surface area contributed by atoms with E-state index in [-0.39, 0.29) is 17.5 Å². The molecule has 25 heavy (non-hydrogen) atoms. The highest BCUT2D eigenvalue weighted by atomic mass is 35.5. The first-order chi connectivity index (χ1) is 11.8. The van der Waals surface area contributed by atoms with Crippen LogP contribution in [0.5, 0.6) is 0 Å². The lowest BCUT2D eigenvalue weighted by Gasteiger charge is -2.15. The van der Waals surface area contributed by atoms with Crippen molar-refractivity contribution in [1.82, 2.24) is 9.88 Å². The van der Waals surface area contributed by atoms with Crippen LogP contribution >= 0.6 is 11.6 Å². The predicted molar refractivity (Wildman–Crippen MR) is 93.7 cm³/mol. The first kappa shape index (κ1) is 18.7. The van der Waals surface area contributed by atoms with Crippen LogP contribution in [0.4, 0.5) is 0 Å². The minimum atomic E-state index is -0.671. The number of carbonyl (C=O) groups excluding carboxylic acids is 3. The van der Waals surface area contributed by atoms with Crippen molar-refractivity contribution in [3.8, 4) is 0 Å². The fraction of sp³-hybridized carbons (Fsp3) is 0.278. The van der Waals surface area contributed by atoms with Crippen LogP contribution in [0.1, 0.15) is 46.3 Å². The van der Waals surface area contributed by atoms with Gasteiger partial charge in [0, 0.05) is 23.8 Å². The Hall–Kier alpha value is -2.60. The molecule has 1 heterocycles. The Morgan fingerprint density at radius 3 is 2.56 bits per heavy atom. The van der Waals surface area contributed by atoms with Gasteiger partial charge in [-0.15, -0.1) is 0 Å². The van der Waals surface area contributed by atoms with Crippen molar-refractivity contribution < 1.29 is 19.1 Å². The maximum Gasteiger partial charge on any atom is 0.355 e. The molecule has 0 aliphatic rings. The standard InChI is InChI=1S/C18H19ClN2O4/c1-11(14-6-4-5-7-15(14)19)20-17(23)10-25-18(24)16-8-13(12(2)22)9-21(16)3/h4-9,11H,10H2,1-3H3,(H,20,23)/t11-/m0/s1. The Morgan fingerprint density at radius 2 is 1.96 bits per heavy atom. The lowest BCUT2D eigenvalue weighted by Crippen LogP contribution is -2.31. The molecule has 6 nitrogen and oxygen atoms in total. The molecule has 0 aliphatic heterocycles. The molecule has 0 saturated carbocycles. The molecule has 1 amide bonds. The number of carbonyl (C=O) groups is 3. The summed E-state index contributed by atoms with van der Waals surface area (Å²) < 4.78 is 6.50. The van der Waals surface area contributed by atoms with Gasteiger partial charge in [-0.05, 0) is 31.5 Å². The number of nitrogens with one attached hydrogen (secondary N) is 1. The molecule has 1 aromatic carbocycles. The summed E-state index contributed by atoms with van der Waals surface area (Å²) in [5.41, 5.74) is 1.39. The maximum absolute atomic E-state index is 12.1. The van der Waals surface area contributed by atoms with Crippen molar-refractivity contribution in [2.75, 3.05) is 6.61 Å². The molecule has 7 heteroatoms. The van der Waals surface area contributed by atoms with Crippen molar-refractivity contribution in [1.29, 1.82) is 0 Å². The average molecular weight is 363 g/mol. The highest BCUT2D eigenvalue weighted by molar-refractivity contribution is 6.31. The number of ketones is 1. The van der Waals surface area contributed by atoms with Gasteiger partial charge in [-0.2, -0.15) is 0 Å². The molecule has 2 rings (SSSR count). The number of esters is 1. The number of aryl methyl sites for hydroxylation is 1. The molecule has 0 bridgehead atoms. The monoisotopic (exact) mass is 362 g/mol. The number of hydrogen-bond donors (Lipinski definition) is 1. The van der Waals surface area contributed by atoms with Gasteiger partial charge < -0.3 is 14.6 Å². The highest BCUT2D eigenvalue weighted by Crippen LogP contribution is 2.21. The van der Waals surface area contributed by atoms with Crippen LogP contribution in [0.3, 0.4) is 0 Å². The van der Waals surface area contributed by atoms with E-state index < -0.39 is 18.5 Å². The predicted octanol–water partition coefficient (Wildman–Crippen LogP) is 2.92. The minimum Gasteiger partial charge on any atom is -0.451 e. The Bertz CT molecular complexity index is 813. The molecule has 1 N–H and O–H groups in total. The molecule has 1 aromatic heterocycles. The number of Topliss-reactive ketones (excluding diaryl/α,β-unsaturated/α-hetero) is 1. The quantitative estimate of drug-likeness (QED) is 0.633. The van der Waals surface area contributed by atoms with Crippen LogP contribution in [-0.2, 0) is 16.6 Å². The number of halogens is 1. The number of nitrogens with zero attached hydrogens (tertiary/aromatic N) is 1. The molecule has 0 unspecified atom stereocenters. The number of hydrogen-bond acceptors (Lipinski definition) is 4. The summed E-state index contributed by atoms with van der Waals surface area (Å²) in [6.45, 7) is 2.78. The van der Waals surface area contributed by atoms with Gasteiger partial charge >= 0.3 is 5.97 Å². The smallest absolute Gasteiger partial charge is 0.355 e. The Morgan fingerprint density at radius 1 is 1.28 bits per heavy atom. The first-order valence-corrected chi connectivity index (χ1v) is 8.05. The van der Waals surface area contributed by atoms with E-state index in [9.17, 15) is 14.4 Å². The van der Waals surface area contributed by atoms with Gasteiger partial charge in [0.2, 0.25) is 0 Å². The van der Waals surface area contributed by atoms with E-state index in [2.05, 4.69) is 5.32 Å². The number of aromatic nitrogens is 1. The molecule has 132 valence electrons. The van der Waals surface area contributed by atoms with E-state index in [0.717, 1.165) is 5.56 Å². The SMILES string of the molecule is CC(=O)c1cc(C(=O)OCC(=O)N[C@@H](C)c2ccccc2Cl)n(C)c1. The molecule has 0 saturated heterocycles. The second-order valence-corrected chi connectivity index (χ2v) is 6.08. The molecule has 0 radical (unpaired) electrons. The topological polar surface area (TPSA) is 77.4 Å². The van der Waals surface area contributed by atoms with Crippen LogP contribution in [0.25, 0.3) is 0 Å². The van der Waals surface area contributed by atoms with Gasteiger partial charge in [0.15, 0.2) is 12.4 Å². The van der Waals surface area contributed by atoms with Crippen molar-refractivity contribution >= 4 is 29.3 Å².